The van der Waals surface area contributed by atoms with E-state index in [1.807, 2.05) is 90.2 Å². The molecule has 2 unspecified atom stereocenters. The molecule has 2 N–H and O–H groups in total. The predicted molar refractivity (Wildman–Crippen MR) is 151 cm³/mol. The van der Waals surface area contributed by atoms with Crippen LogP contribution in [0.4, 0.5) is 21.0 Å². The molecule has 6 rings (SSSR count). The number of aromatic nitrogens is 2. The minimum absolute atomic E-state index is 0.0210. The second-order valence-electron chi connectivity index (χ2n) is 10.1. The van der Waals surface area contributed by atoms with E-state index in [-0.39, 0.29) is 24.1 Å². The van der Waals surface area contributed by atoms with Crippen LogP contribution in [-0.4, -0.2) is 45.8 Å². The van der Waals surface area contributed by atoms with Crippen LogP contribution in [0, 0.1) is 5.92 Å². The standard InChI is InChI=1S/C31H31N5O3/c37-30(33-23-9-3-1-4-10-23)35-17-15-22(16-18-35)29(39-31(38)34-24-11-5-2-6-12-24)19-27-25-13-7-8-14-26(25)28-20-32-21-36(27)28/h1-14,20-22,27,29H,15-19H2,(H,33,37)(H,34,38). The lowest BCUT2D eigenvalue weighted by Crippen LogP contribution is -2.44. The van der Waals surface area contributed by atoms with Crippen LogP contribution < -0.4 is 10.6 Å². The SMILES string of the molecule is O=C(Nc1ccccc1)OC(CC1c2ccccc2-c2cncn21)C1CCN(C(=O)Nc2ccccc2)CC1. The molecule has 1 saturated heterocycles. The van der Waals surface area contributed by atoms with Crippen LogP contribution in [0.5, 0.6) is 0 Å². The number of hydrogen-bond donors (Lipinski definition) is 2. The summed E-state index contributed by atoms with van der Waals surface area (Å²) in [6, 6.07) is 27.1. The van der Waals surface area contributed by atoms with Gasteiger partial charge in [0.25, 0.3) is 0 Å². The van der Waals surface area contributed by atoms with Gasteiger partial charge in [0.1, 0.15) is 6.10 Å². The minimum atomic E-state index is -0.465. The smallest absolute Gasteiger partial charge is 0.411 e. The third-order valence-corrected chi connectivity index (χ3v) is 7.71. The molecule has 3 aromatic carbocycles. The Labute approximate surface area is 227 Å². The van der Waals surface area contributed by atoms with Gasteiger partial charge in [-0.1, -0.05) is 60.7 Å². The minimum Gasteiger partial charge on any atom is -0.446 e. The topological polar surface area (TPSA) is 88.5 Å². The molecule has 0 aliphatic carbocycles. The fourth-order valence-corrected chi connectivity index (χ4v) is 5.73. The lowest BCUT2D eigenvalue weighted by Gasteiger charge is -2.36. The van der Waals surface area contributed by atoms with Crippen LogP contribution in [0.1, 0.15) is 30.9 Å². The Morgan fingerprint density at radius 3 is 2.23 bits per heavy atom. The second-order valence-corrected chi connectivity index (χ2v) is 10.1. The van der Waals surface area contributed by atoms with Crippen molar-refractivity contribution in [3.05, 3.63) is 103 Å². The lowest BCUT2D eigenvalue weighted by molar-refractivity contribution is 0.0366. The van der Waals surface area contributed by atoms with Crippen molar-refractivity contribution in [1.82, 2.24) is 14.5 Å². The molecular formula is C31H31N5O3. The van der Waals surface area contributed by atoms with E-state index < -0.39 is 6.09 Å². The third kappa shape index (κ3) is 5.36. The number of carbonyl (C=O) groups excluding carboxylic acids is 2. The zero-order chi connectivity index (χ0) is 26.6. The summed E-state index contributed by atoms with van der Waals surface area (Å²) >= 11 is 0. The van der Waals surface area contributed by atoms with Gasteiger partial charge in [0, 0.05) is 36.4 Å². The van der Waals surface area contributed by atoms with Crippen molar-refractivity contribution < 1.29 is 14.3 Å². The maximum Gasteiger partial charge on any atom is 0.411 e. The lowest BCUT2D eigenvalue weighted by atomic mass is 9.86. The van der Waals surface area contributed by atoms with Gasteiger partial charge >= 0.3 is 12.1 Å². The van der Waals surface area contributed by atoms with Crippen molar-refractivity contribution in [1.29, 1.82) is 0 Å². The monoisotopic (exact) mass is 521 g/mol. The molecule has 1 fully saturated rings. The number of hydrogen-bond acceptors (Lipinski definition) is 4. The van der Waals surface area contributed by atoms with Crippen molar-refractivity contribution in [3.8, 4) is 11.3 Å². The van der Waals surface area contributed by atoms with Crippen LogP contribution in [0.2, 0.25) is 0 Å². The molecule has 198 valence electrons. The van der Waals surface area contributed by atoms with Gasteiger partial charge in [-0.05, 0) is 48.6 Å². The molecule has 0 spiro atoms. The Hall–Kier alpha value is -4.59. The number of nitrogens with zero attached hydrogens (tertiary/aromatic N) is 3. The van der Waals surface area contributed by atoms with Crippen LogP contribution in [-0.2, 0) is 4.74 Å². The van der Waals surface area contributed by atoms with E-state index in [2.05, 4.69) is 32.3 Å². The number of imidazole rings is 1. The quantitative estimate of drug-likeness (QED) is 0.307. The highest BCUT2D eigenvalue weighted by atomic mass is 16.6. The molecule has 2 aliphatic heterocycles. The summed E-state index contributed by atoms with van der Waals surface area (Å²) in [7, 11) is 0. The van der Waals surface area contributed by atoms with Crippen LogP contribution in [0.3, 0.4) is 0 Å². The first kappa shape index (κ1) is 24.7. The molecule has 3 heterocycles. The van der Waals surface area contributed by atoms with Gasteiger partial charge in [-0.15, -0.1) is 0 Å². The molecule has 1 aromatic heterocycles. The maximum atomic E-state index is 13.0. The number of urea groups is 1. The van der Waals surface area contributed by atoms with Crippen molar-refractivity contribution in [2.45, 2.75) is 31.4 Å². The van der Waals surface area contributed by atoms with Gasteiger partial charge in [0.15, 0.2) is 0 Å². The number of carbonyl (C=O) groups is 2. The number of amides is 3. The van der Waals surface area contributed by atoms with Gasteiger partial charge in [0.05, 0.1) is 24.3 Å². The fraction of sp³-hybridized carbons (Fsp3) is 0.258. The highest BCUT2D eigenvalue weighted by Gasteiger charge is 2.36. The Morgan fingerprint density at radius 1 is 0.872 bits per heavy atom. The molecule has 0 saturated carbocycles. The first-order chi connectivity index (χ1) is 19.2. The largest absolute Gasteiger partial charge is 0.446 e. The Bertz CT molecular complexity index is 1430. The third-order valence-electron chi connectivity index (χ3n) is 7.71. The molecule has 8 nitrogen and oxygen atoms in total. The average molecular weight is 522 g/mol. The number of fused-ring (bicyclic) bond motifs is 3. The molecular weight excluding hydrogens is 490 g/mol. The number of piperidine rings is 1. The number of anilines is 2. The van der Waals surface area contributed by atoms with Gasteiger partial charge < -0.3 is 19.5 Å². The van der Waals surface area contributed by atoms with E-state index in [1.54, 1.807) is 0 Å². The first-order valence-electron chi connectivity index (χ1n) is 13.4. The number of ether oxygens (including phenoxy) is 1. The number of likely N-dealkylation sites (tertiary alicyclic amines) is 1. The van der Waals surface area contributed by atoms with E-state index in [1.165, 1.54) is 11.1 Å². The molecule has 0 bridgehead atoms. The summed E-state index contributed by atoms with van der Waals surface area (Å²) in [5.41, 5.74) is 4.93. The van der Waals surface area contributed by atoms with E-state index in [4.69, 9.17) is 4.74 Å². The summed E-state index contributed by atoms with van der Waals surface area (Å²) in [5.74, 6) is 0.118. The van der Waals surface area contributed by atoms with Crippen LogP contribution in [0.15, 0.2) is 97.5 Å². The van der Waals surface area contributed by atoms with Gasteiger partial charge in [-0.25, -0.2) is 14.6 Å². The number of para-hydroxylation sites is 2. The van der Waals surface area contributed by atoms with Crippen molar-refractivity contribution >= 4 is 23.5 Å². The molecule has 2 atom stereocenters. The van der Waals surface area contributed by atoms with Gasteiger partial charge in [0.2, 0.25) is 0 Å². The summed E-state index contributed by atoms with van der Waals surface area (Å²) < 4.78 is 8.33. The predicted octanol–water partition coefficient (Wildman–Crippen LogP) is 6.40. The number of benzene rings is 3. The van der Waals surface area contributed by atoms with E-state index >= 15 is 0 Å². The normalized spacial score (nSPS) is 17.1. The molecule has 4 aromatic rings. The van der Waals surface area contributed by atoms with Gasteiger partial charge in [-0.3, -0.25) is 5.32 Å². The molecule has 0 radical (unpaired) electrons. The highest BCUT2D eigenvalue weighted by molar-refractivity contribution is 5.89. The average Bonchev–Trinajstić information content (AvgIpc) is 3.56. The zero-order valence-electron chi connectivity index (χ0n) is 21.6. The number of nitrogens with one attached hydrogen (secondary N) is 2. The van der Waals surface area contributed by atoms with E-state index in [0.717, 1.165) is 24.2 Å². The Morgan fingerprint density at radius 2 is 1.51 bits per heavy atom. The number of rotatable bonds is 6. The fourth-order valence-electron chi connectivity index (χ4n) is 5.73. The zero-order valence-corrected chi connectivity index (χ0v) is 21.6. The summed E-state index contributed by atoms with van der Waals surface area (Å²) in [5, 5.41) is 5.84. The molecule has 2 aliphatic rings. The van der Waals surface area contributed by atoms with Crippen molar-refractivity contribution in [2.24, 2.45) is 5.92 Å². The summed E-state index contributed by atoms with van der Waals surface area (Å²) in [6.07, 6.45) is 5.07. The Kier molecular flexibility index (Phi) is 6.99. The molecule has 3 amide bonds. The van der Waals surface area contributed by atoms with E-state index in [9.17, 15) is 9.59 Å². The Balaban J connectivity index is 1.18. The summed E-state index contributed by atoms with van der Waals surface area (Å²) in [4.78, 5) is 32.1. The van der Waals surface area contributed by atoms with E-state index in [0.29, 0.717) is 25.2 Å². The van der Waals surface area contributed by atoms with Crippen LogP contribution in [0.25, 0.3) is 11.3 Å². The second kappa shape index (κ2) is 11.0. The first-order valence-corrected chi connectivity index (χ1v) is 13.4. The molecule has 39 heavy (non-hydrogen) atoms. The summed E-state index contributed by atoms with van der Waals surface area (Å²) in [6.45, 7) is 1.20. The maximum absolute atomic E-state index is 13.0. The molecule has 8 heteroatoms. The highest BCUT2D eigenvalue weighted by Crippen LogP contribution is 2.43. The van der Waals surface area contributed by atoms with Crippen molar-refractivity contribution in [2.75, 3.05) is 23.7 Å². The van der Waals surface area contributed by atoms with Gasteiger partial charge in [-0.2, -0.15) is 0 Å². The van der Waals surface area contributed by atoms with Crippen molar-refractivity contribution in [3.63, 3.8) is 0 Å². The van der Waals surface area contributed by atoms with Crippen LogP contribution >= 0.6 is 0 Å².